The van der Waals surface area contributed by atoms with Crippen molar-refractivity contribution in [2.75, 3.05) is 13.1 Å². The van der Waals surface area contributed by atoms with Crippen molar-refractivity contribution in [3.8, 4) is 0 Å². The van der Waals surface area contributed by atoms with Crippen molar-refractivity contribution < 1.29 is 19.2 Å². The van der Waals surface area contributed by atoms with Gasteiger partial charge in [-0.25, -0.2) is 4.99 Å². The minimum atomic E-state index is -0.947. The lowest BCUT2D eigenvalue weighted by atomic mass is 10.1. The molecule has 3 aliphatic heterocycles. The predicted molar refractivity (Wildman–Crippen MR) is 102 cm³/mol. The normalized spacial score (nSPS) is 27.6. The summed E-state index contributed by atoms with van der Waals surface area (Å²) >= 11 is 0. The van der Waals surface area contributed by atoms with Crippen LogP contribution < -0.4 is 16.0 Å². The van der Waals surface area contributed by atoms with E-state index < -0.39 is 23.9 Å². The van der Waals surface area contributed by atoms with Crippen LogP contribution in [0.4, 0.5) is 0 Å². The summed E-state index contributed by atoms with van der Waals surface area (Å²) in [4.78, 5) is 59.2. The van der Waals surface area contributed by atoms with Crippen LogP contribution in [0.3, 0.4) is 0 Å². The topological polar surface area (TPSA) is 132 Å². The highest BCUT2D eigenvalue weighted by molar-refractivity contribution is 6.02. The minimum absolute atomic E-state index is 0.188. The highest BCUT2D eigenvalue weighted by atomic mass is 16.2. The number of amides is 4. The Balaban J connectivity index is 1.63. The van der Waals surface area contributed by atoms with Gasteiger partial charge in [-0.05, 0) is 32.4 Å². The van der Waals surface area contributed by atoms with Crippen LogP contribution in [0.2, 0.25) is 0 Å². The third-order valence-electron chi connectivity index (χ3n) is 5.32. The average molecular weight is 390 g/mol. The fourth-order valence-corrected chi connectivity index (χ4v) is 3.77. The fourth-order valence-electron chi connectivity index (χ4n) is 3.77. The molecule has 0 aromatic heterocycles. The molecule has 2 saturated heterocycles. The Kier molecular flexibility index (Phi) is 6.50. The number of carbonyl (C=O) groups is 4. The van der Waals surface area contributed by atoms with Gasteiger partial charge in [-0.3, -0.25) is 34.4 Å². The van der Waals surface area contributed by atoms with Gasteiger partial charge < -0.3 is 10.6 Å². The maximum absolute atomic E-state index is 12.8. The van der Waals surface area contributed by atoms with E-state index >= 15 is 0 Å². The molecule has 4 unspecified atom stereocenters. The maximum atomic E-state index is 12.8. The third kappa shape index (κ3) is 4.80. The van der Waals surface area contributed by atoms with Gasteiger partial charge in [-0.15, -0.1) is 0 Å². The van der Waals surface area contributed by atoms with Crippen molar-refractivity contribution in [1.29, 1.82) is 0 Å². The number of carbonyl (C=O) groups excluding carboxylic acids is 4. The number of rotatable bonds is 7. The van der Waals surface area contributed by atoms with E-state index in [1.165, 1.54) is 6.34 Å². The summed E-state index contributed by atoms with van der Waals surface area (Å²) in [6, 6.07) is -2.28. The Labute approximate surface area is 163 Å². The number of nitrogens with one attached hydrogen (secondary N) is 3. The molecule has 3 aliphatic rings. The molecule has 10 nitrogen and oxygen atoms in total. The van der Waals surface area contributed by atoms with Crippen molar-refractivity contribution in [2.24, 2.45) is 9.98 Å². The zero-order valence-corrected chi connectivity index (χ0v) is 15.9. The minimum Gasteiger partial charge on any atom is -0.344 e. The number of hydrogen-bond donors (Lipinski definition) is 3. The fraction of sp³-hybridized carbons (Fsp3) is 0.667. The molecule has 0 spiro atoms. The molecule has 3 heterocycles. The second-order valence-corrected chi connectivity index (χ2v) is 7.23. The van der Waals surface area contributed by atoms with E-state index in [0.717, 1.165) is 19.5 Å². The van der Waals surface area contributed by atoms with Gasteiger partial charge in [-0.1, -0.05) is 6.92 Å². The highest BCUT2D eigenvalue weighted by Gasteiger charge is 2.35. The molecule has 3 rings (SSSR count). The molecule has 0 saturated carbocycles. The van der Waals surface area contributed by atoms with Crippen LogP contribution >= 0.6 is 0 Å². The van der Waals surface area contributed by atoms with Gasteiger partial charge in [0.15, 0.2) is 0 Å². The Bertz CT molecular complexity index is 694. The predicted octanol–water partition coefficient (Wildman–Crippen LogP) is -1.25. The van der Waals surface area contributed by atoms with Crippen molar-refractivity contribution in [2.45, 2.75) is 63.2 Å². The first-order chi connectivity index (χ1) is 13.5. The van der Waals surface area contributed by atoms with Gasteiger partial charge >= 0.3 is 0 Å². The maximum Gasteiger partial charge on any atom is 0.249 e. The Morgan fingerprint density at radius 2 is 2.14 bits per heavy atom. The van der Waals surface area contributed by atoms with Crippen LogP contribution in [0.5, 0.6) is 0 Å². The summed E-state index contributed by atoms with van der Waals surface area (Å²) in [6.07, 6.45) is 5.44. The summed E-state index contributed by atoms with van der Waals surface area (Å²) in [5.74, 6) is -1.54. The van der Waals surface area contributed by atoms with E-state index in [9.17, 15) is 19.2 Å². The zero-order valence-electron chi connectivity index (χ0n) is 15.9. The SMILES string of the molecule is CCN1CCCC1C(=O)NC(=O)C(CC1C=NC=N1)NC(=O)C1CCC(=O)N1. The summed E-state index contributed by atoms with van der Waals surface area (Å²) < 4.78 is 0. The van der Waals surface area contributed by atoms with Crippen molar-refractivity contribution in [3.05, 3.63) is 0 Å². The first-order valence-electron chi connectivity index (χ1n) is 9.71. The lowest BCUT2D eigenvalue weighted by molar-refractivity contribution is -0.136. The van der Waals surface area contributed by atoms with Crippen LogP contribution in [-0.2, 0) is 19.2 Å². The Morgan fingerprint density at radius 3 is 2.79 bits per heavy atom. The molecule has 0 aromatic rings. The van der Waals surface area contributed by atoms with E-state index in [1.54, 1.807) is 6.21 Å². The molecule has 10 heteroatoms. The molecule has 0 aromatic carbocycles. The highest BCUT2D eigenvalue weighted by Crippen LogP contribution is 2.17. The number of nitrogens with zero attached hydrogens (tertiary/aromatic N) is 3. The zero-order chi connectivity index (χ0) is 20.1. The molecule has 28 heavy (non-hydrogen) atoms. The van der Waals surface area contributed by atoms with E-state index in [0.29, 0.717) is 12.8 Å². The summed E-state index contributed by atoms with van der Waals surface area (Å²) in [5.41, 5.74) is 0. The lowest BCUT2D eigenvalue weighted by Gasteiger charge is -2.24. The second-order valence-electron chi connectivity index (χ2n) is 7.23. The van der Waals surface area contributed by atoms with Gasteiger partial charge in [0.25, 0.3) is 0 Å². The van der Waals surface area contributed by atoms with Gasteiger partial charge in [0.2, 0.25) is 23.6 Å². The Hall–Kier alpha value is -2.62. The largest absolute Gasteiger partial charge is 0.344 e. The second kappa shape index (κ2) is 9.05. The average Bonchev–Trinajstić information content (AvgIpc) is 3.42. The number of aliphatic imine (C=N–C) groups is 2. The van der Waals surface area contributed by atoms with Crippen LogP contribution in [0, 0.1) is 0 Å². The van der Waals surface area contributed by atoms with E-state index in [-0.39, 0.29) is 36.7 Å². The van der Waals surface area contributed by atoms with Crippen LogP contribution in [0.15, 0.2) is 9.98 Å². The molecule has 0 radical (unpaired) electrons. The summed E-state index contributed by atoms with van der Waals surface area (Å²) in [6.45, 7) is 3.54. The number of likely N-dealkylation sites (tertiary alicyclic amines) is 1. The number of hydrogen-bond acceptors (Lipinski definition) is 7. The van der Waals surface area contributed by atoms with E-state index in [2.05, 4.69) is 25.9 Å². The lowest BCUT2D eigenvalue weighted by Crippen LogP contribution is -2.55. The summed E-state index contributed by atoms with van der Waals surface area (Å²) in [5, 5.41) is 7.69. The standard InChI is InChI=1S/C18H26N6O4/c1-2-24-7-3-4-14(24)18(28)23-17(27)13(8-11-9-19-10-20-11)22-16(26)12-5-6-15(25)21-12/h9-14H,2-8H2,1H3,(H,21,25)(H,22,26)(H,23,27,28). The van der Waals surface area contributed by atoms with Gasteiger partial charge in [0.1, 0.15) is 18.4 Å². The van der Waals surface area contributed by atoms with Crippen molar-refractivity contribution in [1.82, 2.24) is 20.9 Å². The number of imide groups is 1. The molecule has 0 bridgehead atoms. The van der Waals surface area contributed by atoms with Crippen LogP contribution in [0.25, 0.3) is 0 Å². The molecular formula is C18H26N6O4. The number of likely N-dealkylation sites (N-methyl/N-ethyl adjacent to an activating group) is 1. The van der Waals surface area contributed by atoms with Crippen molar-refractivity contribution >= 4 is 36.2 Å². The van der Waals surface area contributed by atoms with Gasteiger partial charge in [0, 0.05) is 19.1 Å². The Morgan fingerprint density at radius 1 is 1.32 bits per heavy atom. The molecule has 3 N–H and O–H groups in total. The molecule has 2 fully saturated rings. The van der Waals surface area contributed by atoms with E-state index in [4.69, 9.17) is 0 Å². The molecule has 4 amide bonds. The third-order valence-corrected chi connectivity index (χ3v) is 5.32. The molecule has 0 aliphatic carbocycles. The van der Waals surface area contributed by atoms with Crippen molar-refractivity contribution in [3.63, 3.8) is 0 Å². The quantitative estimate of drug-likeness (QED) is 0.500. The summed E-state index contributed by atoms with van der Waals surface area (Å²) in [7, 11) is 0. The van der Waals surface area contributed by atoms with Crippen LogP contribution in [0.1, 0.15) is 39.0 Å². The van der Waals surface area contributed by atoms with Gasteiger partial charge in [-0.2, -0.15) is 0 Å². The monoisotopic (exact) mass is 390 g/mol. The molecule has 4 atom stereocenters. The van der Waals surface area contributed by atoms with E-state index in [1.807, 2.05) is 11.8 Å². The molecular weight excluding hydrogens is 364 g/mol. The van der Waals surface area contributed by atoms with Crippen LogP contribution in [-0.4, -0.2) is 78.3 Å². The molecule has 152 valence electrons. The first-order valence-corrected chi connectivity index (χ1v) is 9.71. The first kappa shape index (κ1) is 20.1. The van der Waals surface area contributed by atoms with Gasteiger partial charge in [0.05, 0.1) is 12.1 Å². The smallest absolute Gasteiger partial charge is 0.249 e.